The van der Waals surface area contributed by atoms with Crippen LogP contribution < -0.4 is 10.0 Å². The first kappa shape index (κ1) is 16.4. The number of benzene rings is 1. The molecule has 0 aliphatic rings. The number of aliphatic hydroxyl groups is 1. The lowest BCUT2D eigenvalue weighted by atomic mass is 10.2. The maximum atomic E-state index is 9.99. The molecule has 0 spiro atoms. The zero-order chi connectivity index (χ0) is 14.5. The Hall–Kier alpha value is -0.630. The van der Waals surface area contributed by atoms with Crippen LogP contribution in [-0.2, 0) is 0 Å². The summed E-state index contributed by atoms with van der Waals surface area (Å²) in [4.78, 5) is 0.475. The molecule has 0 aliphatic carbocycles. The molecule has 1 aromatic rings. The molecule has 0 radical (unpaired) electrons. The van der Waals surface area contributed by atoms with Gasteiger partial charge in [0.1, 0.15) is 6.23 Å². The van der Waals surface area contributed by atoms with Gasteiger partial charge in [-0.15, -0.1) is 10.8 Å². The second-order valence-electron chi connectivity index (χ2n) is 4.90. The molecule has 5 N–H and O–H groups in total. The molecule has 1 unspecified atom stereocenters. The molecule has 0 amide bonds. The monoisotopic (exact) mass is 288 g/mol. The molecule has 19 heavy (non-hydrogen) atoms. The van der Waals surface area contributed by atoms with E-state index in [0.717, 1.165) is 5.56 Å². The van der Waals surface area contributed by atoms with Gasteiger partial charge in [-0.1, -0.05) is 31.5 Å². The van der Waals surface area contributed by atoms with Gasteiger partial charge >= 0.3 is 0 Å². The fourth-order valence-electron chi connectivity index (χ4n) is 1.46. The third-order valence-electron chi connectivity index (χ3n) is 2.76. The van der Waals surface area contributed by atoms with Gasteiger partial charge in [0.25, 0.3) is 0 Å². The van der Waals surface area contributed by atoms with E-state index in [9.17, 15) is 14.2 Å². The minimum Gasteiger partial charge on any atom is -0.378 e. The van der Waals surface area contributed by atoms with E-state index in [1.165, 1.54) is 0 Å². The summed E-state index contributed by atoms with van der Waals surface area (Å²) in [5.41, 5.74) is 1.07. The summed E-state index contributed by atoms with van der Waals surface area (Å²) < 4.78 is 22.7. The Balaban J connectivity index is 2.41. The summed E-state index contributed by atoms with van der Waals surface area (Å²) in [6.45, 7) is 6.58. The van der Waals surface area contributed by atoms with E-state index in [1.54, 1.807) is 12.1 Å². The summed E-state index contributed by atoms with van der Waals surface area (Å²) in [5, 5.41) is 12.4. The summed E-state index contributed by atoms with van der Waals surface area (Å²) >= 11 is 0. The van der Waals surface area contributed by atoms with E-state index >= 15 is 0 Å². The largest absolute Gasteiger partial charge is 0.378 e. The third kappa shape index (κ3) is 5.48. The van der Waals surface area contributed by atoms with Crippen molar-refractivity contribution in [3.05, 3.63) is 29.8 Å². The van der Waals surface area contributed by atoms with Gasteiger partial charge in [-0.25, -0.2) is 4.72 Å². The molecule has 0 bridgehead atoms. The first-order chi connectivity index (χ1) is 8.83. The zero-order valence-corrected chi connectivity index (χ0v) is 12.4. The predicted octanol–water partition coefficient (Wildman–Crippen LogP) is 2.17. The highest BCUT2D eigenvalue weighted by atomic mass is 32.3. The number of hydrogen-bond acceptors (Lipinski definition) is 5. The molecule has 0 fully saturated rings. The highest BCUT2D eigenvalue weighted by Gasteiger charge is 2.14. The van der Waals surface area contributed by atoms with E-state index in [1.807, 2.05) is 32.9 Å². The van der Waals surface area contributed by atoms with Crippen molar-refractivity contribution in [2.45, 2.75) is 31.9 Å². The van der Waals surface area contributed by atoms with Crippen molar-refractivity contribution in [2.75, 3.05) is 13.1 Å². The summed E-state index contributed by atoms with van der Waals surface area (Å²) in [6.07, 6.45) is -0.581. The van der Waals surface area contributed by atoms with Crippen LogP contribution in [0.2, 0.25) is 0 Å². The van der Waals surface area contributed by atoms with Crippen LogP contribution in [0.3, 0.4) is 0 Å². The maximum Gasteiger partial charge on any atom is 0.107 e. The molecule has 0 aromatic heterocycles. The molecular formula is C13H24N2O3S. The molecular weight excluding hydrogens is 264 g/mol. The number of aliphatic hydroxyl groups excluding tert-OH is 1. The average molecular weight is 288 g/mol. The summed E-state index contributed by atoms with van der Waals surface area (Å²) in [7, 11) is -2.97. The van der Waals surface area contributed by atoms with Crippen LogP contribution in [0.15, 0.2) is 29.2 Å². The second-order valence-corrected chi connectivity index (χ2v) is 6.76. The van der Waals surface area contributed by atoms with Crippen molar-refractivity contribution < 1.29 is 14.2 Å². The van der Waals surface area contributed by atoms with Gasteiger partial charge in [0, 0.05) is 13.1 Å². The van der Waals surface area contributed by atoms with E-state index in [2.05, 4.69) is 10.0 Å². The maximum absolute atomic E-state index is 9.99. The van der Waals surface area contributed by atoms with E-state index in [0.29, 0.717) is 18.0 Å². The van der Waals surface area contributed by atoms with Gasteiger partial charge in [-0.2, -0.15) is 0 Å². The van der Waals surface area contributed by atoms with Crippen molar-refractivity contribution in [3.8, 4) is 0 Å². The van der Waals surface area contributed by atoms with Crippen molar-refractivity contribution in [1.29, 1.82) is 0 Å². The van der Waals surface area contributed by atoms with Crippen LogP contribution in [0.4, 0.5) is 0 Å². The molecule has 1 aromatic carbocycles. The lowest BCUT2D eigenvalue weighted by Gasteiger charge is -2.33. The first-order valence-electron chi connectivity index (χ1n) is 6.34. The fraction of sp³-hybridized carbons (Fsp3) is 0.538. The molecule has 0 saturated carbocycles. The van der Waals surface area contributed by atoms with Crippen molar-refractivity contribution >= 4 is 10.8 Å². The fourth-order valence-corrected chi connectivity index (χ4v) is 2.53. The molecule has 1 rings (SSSR count). The summed E-state index contributed by atoms with van der Waals surface area (Å²) in [6, 6.07) is 7.08. The van der Waals surface area contributed by atoms with Crippen LogP contribution in [0.25, 0.3) is 0 Å². The highest BCUT2D eigenvalue weighted by Crippen LogP contribution is 2.43. The Morgan fingerprint density at radius 3 is 2.21 bits per heavy atom. The smallest absolute Gasteiger partial charge is 0.107 e. The number of nitrogens with one attached hydrogen (secondary N) is 2. The van der Waals surface area contributed by atoms with Crippen molar-refractivity contribution in [1.82, 2.24) is 10.0 Å². The topological polar surface area (TPSA) is 84.8 Å². The Morgan fingerprint density at radius 1 is 1.11 bits per heavy atom. The van der Waals surface area contributed by atoms with Gasteiger partial charge in [-0.3, -0.25) is 14.4 Å². The molecule has 0 aliphatic heterocycles. The Bertz CT molecular complexity index is 382. The number of aryl methyl sites for hydroxylation is 1. The summed E-state index contributed by atoms with van der Waals surface area (Å²) in [5.74, 6) is 0.123. The molecule has 110 valence electrons. The van der Waals surface area contributed by atoms with Gasteiger partial charge in [0.2, 0.25) is 0 Å². The molecule has 1 atom stereocenters. The Kier molecular flexibility index (Phi) is 6.25. The van der Waals surface area contributed by atoms with Crippen LogP contribution in [0, 0.1) is 12.8 Å². The lowest BCUT2D eigenvalue weighted by Crippen LogP contribution is -2.38. The predicted molar refractivity (Wildman–Crippen MR) is 79.1 cm³/mol. The Labute approximate surface area is 116 Å². The minimum atomic E-state index is -2.97. The van der Waals surface area contributed by atoms with Crippen LogP contribution in [0.5, 0.6) is 0 Å². The zero-order valence-electron chi connectivity index (χ0n) is 11.6. The highest BCUT2D eigenvalue weighted by molar-refractivity contribution is 8.22. The van der Waals surface area contributed by atoms with Gasteiger partial charge in [0.05, 0.1) is 4.90 Å². The van der Waals surface area contributed by atoms with Crippen LogP contribution >= 0.6 is 10.8 Å². The molecule has 5 nitrogen and oxygen atoms in total. The SMILES string of the molecule is Cc1ccc(S(O)(O)NCCNC(O)C(C)C)cc1. The quantitative estimate of drug-likeness (QED) is 0.392. The third-order valence-corrected chi connectivity index (χ3v) is 4.30. The normalized spacial score (nSPS) is 14.7. The molecule has 6 heteroatoms. The van der Waals surface area contributed by atoms with Gasteiger partial charge < -0.3 is 5.11 Å². The number of rotatable bonds is 7. The second kappa shape index (κ2) is 7.23. The van der Waals surface area contributed by atoms with E-state index in [4.69, 9.17) is 0 Å². The molecule has 0 heterocycles. The van der Waals surface area contributed by atoms with E-state index < -0.39 is 17.0 Å². The first-order valence-corrected chi connectivity index (χ1v) is 7.88. The van der Waals surface area contributed by atoms with Gasteiger partial charge in [0.15, 0.2) is 0 Å². The Morgan fingerprint density at radius 2 is 1.68 bits per heavy atom. The standard InChI is InChI=1S/C13H24N2O3S/c1-10(2)13(16)14-8-9-15-19(17,18)12-6-4-11(3)5-7-12/h4-7,10,13-18H,8-9H2,1-3H3. The van der Waals surface area contributed by atoms with E-state index in [-0.39, 0.29) is 5.92 Å². The van der Waals surface area contributed by atoms with Crippen LogP contribution in [-0.4, -0.2) is 33.5 Å². The molecule has 0 saturated heterocycles. The van der Waals surface area contributed by atoms with Crippen molar-refractivity contribution in [2.24, 2.45) is 5.92 Å². The number of hydrogen-bond donors (Lipinski definition) is 5. The average Bonchev–Trinajstić information content (AvgIpc) is 2.34. The lowest BCUT2D eigenvalue weighted by molar-refractivity contribution is 0.0916. The van der Waals surface area contributed by atoms with Gasteiger partial charge in [-0.05, 0) is 25.0 Å². The van der Waals surface area contributed by atoms with Crippen LogP contribution in [0.1, 0.15) is 19.4 Å². The van der Waals surface area contributed by atoms with Crippen molar-refractivity contribution in [3.63, 3.8) is 0 Å². The minimum absolute atomic E-state index is 0.123.